The summed E-state index contributed by atoms with van der Waals surface area (Å²) >= 11 is 0. The summed E-state index contributed by atoms with van der Waals surface area (Å²) in [5, 5.41) is 0. The maximum absolute atomic E-state index is 12.2. The number of hydrogen-bond acceptors (Lipinski definition) is 2. The van der Waals surface area contributed by atoms with E-state index in [9.17, 15) is 4.79 Å². The molecule has 2 rings (SSSR count). The van der Waals surface area contributed by atoms with E-state index in [2.05, 4.69) is 19.1 Å². The molecular weight excluding hydrogens is 212 g/mol. The Balaban J connectivity index is 2.05. The fraction of sp³-hybridized carbons (Fsp3) is 0.500. The number of hydrogen-bond donors (Lipinski definition) is 1. The summed E-state index contributed by atoms with van der Waals surface area (Å²) in [6, 6.07) is 8.17. The third kappa shape index (κ3) is 2.34. The predicted molar refractivity (Wildman–Crippen MR) is 68.4 cm³/mol. The zero-order chi connectivity index (χ0) is 12.5. The van der Waals surface area contributed by atoms with Crippen molar-refractivity contribution in [3.8, 4) is 0 Å². The second-order valence-corrected chi connectivity index (χ2v) is 5.07. The molecule has 0 atom stereocenters. The molecule has 1 aromatic rings. The van der Waals surface area contributed by atoms with E-state index in [1.165, 1.54) is 11.1 Å². The molecule has 1 amide bonds. The van der Waals surface area contributed by atoms with E-state index in [0.717, 1.165) is 12.8 Å². The van der Waals surface area contributed by atoms with Gasteiger partial charge in [-0.1, -0.05) is 24.3 Å². The molecule has 0 bridgehead atoms. The van der Waals surface area contributed by atoms with Gasteiger partial charge in [-0.3, -0.25) is 4.79 Å². The highest BCUT2D eigenvalue weighted by atomic mass is 16.2. The Labute approximate surface area is 103 Å². The van der Waals surface area contributed by atoms with Crippen LogP contribution < -0.4 is 5.73 Å². The van der Waals surface area contributed by atoms with Crippen LogP contribution in [0.15, 0.2) is 24.3 Å². The van der Waals surface area contributed by atoms with Gasteiger partial charge >= 0.3 is 0 Å². The summed E-state index contributed by atoms with van der Waals surface area (Å²) in [5.41, 5.74) is 7.88. The zero-order valence-electron chi connectivity index (χ0n) is 10.6. The number of benzene rings is 1. The summed E-state index contributed by atoms with van der Waals surface area (Å²) in [6.45, 7) is 3.22. The molecule has 17 heavy (non-hydrogen) atoms. The minimum Gasteiger partial charge on any atom is -0.341 e. The topological polar surface area (TPSA) is 46.3 Å². The number of carbonyl (C=O) groups is 1. The van der Waals surface area contributed by atoms with Crippen LogP contribution in [0.2, 0.25) is 0 Å². The number of amides is 1. The molecule has 1 aromatic carbocycles. The van der Waals surface area contributed by atoms with E-state index >= 15 is 0 Å². The normalized spacial score (nSPS) is 16.6. The predicted octanol–water partition coefficient (Wildman–Crippen LogP) is 1.69. The third-order valence-corrected chi connectivity index (χ3v) is 3.71. The Hall–Kier alpha value is -1.35. The van der Waals surface area contributed by atoms with Crippen molar-refractivity contribution in [3.05, 3.63) is 35.4 Å². The Morgan fingerprint density at radius 1 is 1.41 bits per heavy atom. The highest BCUT2D eigenvalue weighted by Crippen LogP contribution is 2.46. The van der Waals surface area contributed by atoms with Gasteiger partial charge in [0.05, 0.1) is 5.41 Å². The van der Waals surface area contributed by atoms with Gasteiger partial charge in [-0.25, -0.2) is 0 Å². The minimum absolute atomic E-state index is 0.197. The summed E-state index contributed by atoms with van der Waals surface area (Å²) < 4.78 is 0. The maximum Gasteiger partial charge on any atom is 0.230 e. The molecule has 0 radical (unpaired) electrons. The average molecular weight is 232 g/mol. The standard InChI is InChI=1S/C14H20N2O/c1-11-5-3-4-6-12(11)9-16(2)13(17)14(10-15)7-8-14/h3-6H,7-10,15H2,1-2H3. The highest BCUT2D eigenvalue weighted by Gasteiger charge is 2.49. The Bertz CT molecular complexity index is 424. The van der Waals surface area contributed by atoms with Gasteiger partial charge in [-0.05, 0) is 30.9 Å². The number of rotatable bonds is 4. The van der Waals surface area contributed by atoms with Crippen LogP contribution in [-0.2, 0) is 11.3 Å². The zero-order valence-corrected chi connectivity index (χ0v) is 10.6. The van der Waals surface area contributed by atoms with Crippen LogP contribution >= 0.6 is 0 Å². The van der Waals surface area contributed by atoms with Crippen molar-refractivity contribution in [1.29, 1.82) is 0 Å². The minimum atomic E-state index is -0.239. The lowest BCUT2D eigenvalue weighted by Gasteiger charge is -2.23. The first kappa shape index (κ1) is 12.1. The molecule has 1 saturated carbocycles. The molecule has 0 aromatic heterocycles. The SMILES string of the molecule is Cc1ccccc1CN(C)C(=O)C1(CN)CC1. The Morgan fingerprint density at radius 3 is 2.59 bits per heavy atom. The number of nitrogens with zero attached hydrogens (tertiary/aromatic N) is 1. The van der Waals surface area contributed by atoms with Crippen LogP contribution in [-0.4, -0.2) is 24.4 Å². The van der Waals surface area contributed by atoms with Crippen molar-refractivity contribution in [3.63, 3.8) is 0 Å². The molecule has 1 fully saturated rings. The van der Waals surface area contributed by atoms with Gasteiger partial charge in [0.15, 0.2) is 0 Å². The van der Waals surface area contributed by atoms with E-state index in [4.69, 9.17) is 5.73 Å². The summed E-state index contributed by atoms with van der Waals surface area (Å²) in [6.07, 6.45) is 1.89. The first-order chi connectivity index (χ1) is 8.09. The number of nitrogens with two attached hydrogens (primary N) is 1. The largest absolute Gasteiger partial charge is 0.341 e. The van der Waals surface area contributed by atoms with Crippen molar-refractivity contribution in [2.24, 2.45) is 11.1 Å². The van der Waals surface area contributed by atoms with Crippen molar-refractivity contribution in [2.45, 2.75) is 26.3 Å². The van der Waals surface area contributed by atoms with Crippen LogP contribution in [0.5, 0.6) is 0 Å². The van der Waals surface area contributed by atoms with Crippen molar-refractivity contribution in [2.75, 3.05) is 13.6 Å². The van der Waals surface area contributed by atoms with Gasteiger partial charge in [0.2, 0.25) is 5.91 Å². The van der Waals surface area contributed by atoms with E-state index in [-0.39, 0.29) is 11.3 Å². The van der Waals surface area contributed by atoms with Gasteiger partial charge in [0, 0.05) is 20.1 Å². The first-order valence-electron chi connectivity index (χ1n) is 6.09. The van der Waals surface area contributed by atoms with Gasteiger partial charge in [-0.15, -0.1) is 0 Å². The second-order valence-electron chi connectivity index (χ2n) is 5.07. The molecule has 1 aliphatic carbocycles. The van der Waals surface area contributed by atoms with Crippen LogP contribution in [0, 0.1) is 12.3 Å². The lowest BCUT2D eigenvalue weighted by molar-refractivity contribution is -0.135. The summed E-state index contributed by atoms with van der Waals surface area (Å²) in [4.78, 5) is 14.0. The van der Waals surface area contributed by atoms with Crippen molar-refractivity contribution in [1.82, 2.24) is 4.90 Å². The Morgan fingerprint density at radius 2 is 2.06 bits per heavy atom. The molecular formula is C14H20N2O. The van der Waals surface area contributed by atoms with Gasteiger partial charge in [0.25, 0.3) is 0 Å². The monoisotopic (exact) mass is 232 g/mol. The highest BCUT2D eigenvalue weighted by molar-refractivity contribution is 5.85. The van der Waals surface area contributed by atoms with E-state index in [0.29, 0.717) is 13.1 Å². The quantitative estimate of drug-likeness (QED) is 0.858. The molecule has 0 spiro atoms. The van der Waals surface area contributed by atoms with Gasteiger partial charge < -0.3 is 10.6 Å². The lowest BCUT2D eigenvalue weighted by Crippen LogP contribution is -2.37. The van der Waals surface area contributed by atoms with E-state index < -0.39 is 0 Å². The summed E-state index contributed by atoms with van der Waals surface area (Å²) in [7, 11) is 1.87. The van der Waals surface area contributed by atoms with Crippen LogP contribution in [0.1, 0.15) is 24.0 Å². The average Bonchev–Trinajstić information content (AvgIpc) is 3.12. The molecule has 0 aliphatic heterocycles. The van der Waals surface area contributed by atoms with E-state index in [1.807, 2.05) is 24.1 Å². The molecule has 3 heteroatoms. The van der Waals surface area contributed by atoms with Crippen LogP contribution in [0.4, 0.5) is 0 Å². The smallest absolute Gasteiger partial charge is 0.230 e. The van der Waals surface area contributed by atoms with E-state index in [1.54, 1.807) is 0 Å². The van der Waals surface area contributed by atoms with Crippen molar-refractivity contribution >= 4 is 5.91 Å². The molecule has 92 valence electrons. The molecule has 3 nitrogen and oxygen atoms in total. The van der Waals surface area contributed by atoms with Crippen molar-refractivity contribution < 1.29 is 4.79 Å². The molecule has 0 saturated heterocycles. The third-order valence-electron chi connectivity index (χ3n) is 3.71. The second kappa shape index (κ2) is 4.49. The molecule has 2 N–H and O–H groups in total. The van der Waals surface area contributed by atoms with Gasteiger partial charge in [-0.2, -0.15) is 0 Å². The lowest BCUT2D eigenvalue weighted by atomic mass is 10.0. The number of aryl methyl sites for hydroxylation is 1. The van der Waals surface area contributed by atoms with Crippen LogP contribution in [0.3, 0.4) is 0 Å². The maximum atomic E-state index is 12.2. The van der Waals surface area contributed by atoms with Crippen LogP contribution in [0.25, 0.3) is 0 Å². The molecule has 0 heterocycles. The Kier molecular flexibility index (Phi) is 3.20. The summed E-state index contributed by atoms with van der Waals surface area (Å²) in [5.74, 6) is 0.197. The first-order valence-corrected chi connectivity index (χ1v) is 6.09. The fourth-order valence-corrected chi connectivity index (χ4v) is 2.18. The fourth-order valence-electron chi connectivity index (χ4n) is 2.18. The molecule has 1 aliphatic rings. The molecule has 0 unspecified atom stereocenters. The number of carbonyl (C=O) groups excluding carboxylic acids is 1. The van der Waals surface area contributed by atoms with Gasteiger partial charge in [0.1, 0.15) is 0 Å².